The van der Waals surface area contributed by atoms with Gasteiger partial charge in [0.15, 0.2) is 11.5 Å². The van der Waals surface area contributed by atoms with Gasteiger partial charge < -0.3 is 9.80 Å². The second-order valence-corrected chi connectivity index (χ2v) is 8.79. The molecule has 7 heteroatoms. The number of likely N-dealkylation sites (tertiary alicyclic amines) is 1. The number of benzene rings is 1. The van der Waals surface area contributed by atoms with E-state index < -0.39 is 0 Å². The number of fused-ring (bicyclic) bond motifs is 1. The molecule has 5 rings (SSSR count). The van der Waals surface area contributed by atoms with Crippen LogP contribution in [-0.2, 0) is 0 Å². The highest BCUT2D eigenvalue weighted by molar-refractivity contribution is 6.31. The van der Waals surface area contributed by atoms with Gasteiger partial charge >= 0.3 is 0 Å². The minimum absolute atomic E-state index is 0.0754. The van der Waals surface area contributed by atoms with E-state index in [4.69, 9.17) is 21.7 Å². The zero-order valence-corrected chi connectivity index (χ0v) is 18.0. The lowest BCUT2D eigenvalue weighted by molar-refractivity contribution is 0.0711. The quantitative estimate of drug-likeness (QED) is 0.629. The third-order valence-electron chi connectivity index (χ3n) is 6.36. The van der Waals surface area contributed by atoms with Crippen molar-refractivity contribution in [1.29, 1.82) is 0 Å². The highest BCUT2D eigenvalue weighted by Gasteiger charge is 2.27. The molecule has 0 saturated carbocycles. The summed E-state index contributed by atoms with van der Waals surface area (Å²) in [7, 11) is 0. The van der Waals surface area contributed by atoms with Crippen LogP contribution in [0.1, 0.15) is 53.3 Å². The number of aryl methyl sites for hydroxylation is 1. The summed E-state index contributed by atoms with van der Waals surface area (Å²) in [5.74, 6) is 1.26. The van der Waals surface area contributed by atoms with Gasteiger partial charge in [0.2, 0.25) is 0 Å². The van der Waals surface area contributed by atoms with E-state index in [9.17, 15) is 4.79 Å². The standard InChI is InChI=1S/C23H26ClN5O/c1-16-14-18(4-6-20(16)24)23(30)28-12-8-17(9-13-28)22-25-21-7-5-19(15-29(21)26-22)27-10-2-3-11-27/h4-7,14-15,17H,2-3,8-13H2,1H3. The molecule has 1 aromatic carbocycles. The zero-order chi connectivity index (χ0) is 20.7. The van der Waals surface area contributed by atoms with Crippen molar-refractivity contribution in [2.75, 3.05) is 31.1 Å². The summed E-state index contributed by atoms with van der Waals surface area (Å²) in [6.45, 7) is 5.61. The van der Waals surface area contributed by atoms with Gasteiger partial charge in [0.05, 0.1) is 11.9 Å². The van der Waals surface area contributed by atoms with E-state index >= 15 is 0 Å². The summed E-state index contributed by atoms with van der Waals surface area (Å²) in [4.78, 5) is 22.0. The van der Waals surface area contributed by atoms with Crippen molar-refractivity contribution in [3.05, 3.63) is 58.5 Å². The SMILES string of the molecule is Cc1cc(C(=O)N2CCC(c3nc4ccc(N5CCCC5)cn4n3)CC2)ccc1Cl. The van der Waals surface area contributed by atoms with Gasteiger partial charge in [0.25, 0.3) is 5.91 Å². The van der Waals surface area contributed by atoms with Crippen LogP contribution in [0.2, 0.25) is 5.02 Å². The molecule has 0 unspecified atom stereocenters. The van der Waals surface area contributed by atoms with Gasteiger partial charge in [-0.15, -0.1) is 0 Å². The van der Waals surface area contributed by atoms with E-state index in [1.165, 1.54) is 18.5 Å². The molecule has 6 nitrogen and oxygen atoms in total. The summed E-state index contributed by atoms with van der Waals surface area (Å²) in [6, 6.07) is 9.69. The lowest BCUT2D eigenvalue weighted by Gasteiger charge is -2.31. The number of halogens is 1. The van der Waals surface area contributed by atoms with Crippen LogP contribution in [0.25, 0.3) is 5.65 Å². The Bertz CT molecular complexity index is 1080. The van der Waals surface area contributed by atoms with Crippen molar-refractivity contribution in [2.45, 2.75) is 38.5 Å². The fourth-order valence-corrected chi connectivity index (χ4v) is 4.64. The van der Waals surface area contributed by atoms with Gasteiger partial charge in [-0.1, -0.05) is 11.6 Å². The Morgan fingerprint density at radius 2 is 1.83 bits per heavy atom. The molecule has 156 valence electrons. The molecule has 1 amide bonds. The number of rotatable bonds is 3. The predicted molar refractivity (Wildman–Crippen MR) is 119 cm³/mol. The smallest absolute Gasteiger partial charge is 0.253 e. The Balaban J connectivity index is 1.27. The number of carbonyl (C=O) groups is 1. The molecule has 2 aromatic heterocycles. The molecule has 0 N–H and O–H groups in total. The number of hydrogen-bond acceptors (Lipinski definition) is 4. The molecule has 2 saturated heterocycles. The topological polar surface area (TPSA) is 53.7 Å². The van der Waals surface area contributed by atoms with Gasteiger partial charge in [-0.05, 0) is 68.5 Å². The molecule has 0 spiro atoms. The van der Waals surface area contributed by atoms with Crippen molar-refractivity contribution in [1.82, 2.24) is 19.5 Å². The van der Waals surface area contributed by atoms with Crippen LogP contribution in [0.5, 0.6) is 0 Å². The van der Waals surface area contributed by atoms with Gasteiger partial charge in [-0.25, -0.2) is 9.50 Å². The summed E-state index contributed by atoms with van der Waals surface area (Å²) < 4.78 is 1.91. The van der Waals surface area contributed by atoms with E-state index in [2.05, 4.69) is 23.2 Å². The van der Waals surface area contributed by atoms with Gasteiger partial charge in [0.1, 0.15) is 0 Å². The zero-order valence-electron chi connectivity index (χ0n) is 17.2. The first-order valence-corrected chi connectivity index (χ1v) is 11.1. The average molecular weight is 424 g/mol. The Morgan fingerprint density at radius 1 is 1.07 bits per heavy atom. The molecule has 2 aliphatic heterocycles. The molecule has 0 aliphatic carbocycles. The first kappa shape index (κ1) is 19.4. The number of piperidine rings is 1. The number of hydrogen-bond donors (Lipinski definition) is 0. The number of anilines is 1. The van der Waals surface area contributed by atoms with Crippen LogP contribution in [0.15, 0.2) is 36.5 Å². The molecular weight excluding hydrogens is 398 g/mol. The number of nitrogens with zero attached hydrogens (tertiary/aromatic N) is 5. The van der Waals surface area contributed by atoms with Gasteiger partial charge in [0, 0.05) is 42.7 Å². The lowest BCUT2D eigenvalue weighted by atomic mass is 9.95. The molecular formula is C23H26ClN5O. The van der Waals surface area contributed by atoms with Crippen molar-refractivity contribution in [3.63, 3.8) is 0 Å². The third-order valence-corrected chi connectivity index (χ3v) is 6.78. The normalized spacial score (nSPS) is 17.8. The molecule has 30 heavy (non-hydrogen) atoms. The lowest BCUT2D eigenvalue weighted by Crippen LogP contribution is -2.38. The number of pyridine rings is 1. The molecule has 3 aromatic rings. The first-order chi connectivity index (χ1) is 14.6. The second-order valence-electron chi connectivity index (χ2n) is 8.38. The second kappa shape index (κ2) is 7.91. The van der Waals surface area contributed by atoms with Crippen LogP contribution < -0.4 is 4.90 Å². The van der Waals surface area contributed by atoms with Crippen LogP contribution >= 0.6 is 11.6 Å². The van der Waals surface area contributed by atoms with Crippen molar-refractivity contribution in [2.24, 2.45) is 0 Å². The number of carbonyl (C=O) groups excluding carboxylic acids is 1. The number of aromatic nitrogens is 3. The molecule has 4 heterocycles. The Morgan fingerprint density at radius 3 is 2.57 bits per heavy atom. The van der Waals surface area contributed by atoms with E-state index in [0.29, 0.717) is 10.6 Å². The highest BCUT2D eigenvalue weighted by atomic mass is 35.5. The monoisotopic (exact) mass is 423 g/mol. The summed E-state index contributed by atoms with van der Waals surface area (Å²) in [5, 5.41) is 5.47. The van der Waals surface area contributed by atoms with E-state index in [1.54, 1.807) is 6.07 Å². The van der Waals surface area contributed by atoms with E-state index in [1.807, 2.05) is 28.5 Å². The fourth-order valence-electron chi connectivity index (χ4n) is 4.53. The molecule has 2 aliphatic rings. The predicted octanol–water partition coefficient (Wildman–Crippen LogP) is 4.31. The maximum Gasteiger partial charge on any atom is 0.253 e. The van der Waals surface area contributed by atoms with E-state index in [-0.39, 0.29) is 11.8 Å². The van der Waals surface area contributed by atoms with E-state index in [0.717, 1.165) is 56.1 Å². The fraction of sp³-hybridized carbons (Fsp3) is 0.435. The van der Waals surface area contributed by atoms with Crippen LogP contribution in [0.4, 0.5) is 5.69 Å². The minimum atomic E-state index is 0.0754. The average Bonchev–Trinajstić information content (AvgIpc) is 3.45. The third kappa shape index (κ3) is 3.65. The molecule has 0 bridgehead atoms. The Labute approximate surface area is 181 Å². The van der Waals surface area contributed by atoms with Crippen LogP contribution in [0.3, 0.4) is 0 Å². The van der Waals surface area contributed by atoms with Crippen molar-refractivity contribution < 1.29 is 4.79 Å². The largest absolute Gasteiger partial charge is 0.370 e. The summed E-state index contributed by atoms with van der Waals surface area (Å²) in [5.41, 5.74) is 3.74. The molecule has 0 radical (unpaired) electrons. The van der Waals surface area contributed by atoms with Crippen molar-refractivity contribution in [3.8, 4) is 0 Å². The Kier molecular flexibility index (Phi) is 5.11. The van der Waals surface area contributed by atoms with Gasteiger partial charge in [-0.2, -0.15) is 5.10 Å². The first-order valence-electron chi connectivity index (χ1n) is 10.8. The molecule has 0 atom stereocenters. The maximum absolute atomic E-state index is 12.9. The van der Waals surface area contributed by atoms with Crippen LogP contribution in [-0.4, -0.2) is 51.6 Å². The van der Waals surface area contributed by atoms with Gasteiger partial charge in [-0.3, -0.25) is 4.79 Å². The highest BCUT2D eigenvalue weighted by Crippen LogP contribution is 2.28. The van der Waals surface area contributed by atoms with Crippen molar-refractivity contribution >= 4 is 28.8 Å². The minimum Gasteiger partial charge on any atom is -0.370 e. The summed E-state index contributed by atoms with van der Waals surface area (Å²) in [6.07, 6.45) is 6.38. The van der Waals surface area contributed by atoms with Crippen LogP contribution in [0, 0.1) is 6.92 Å². The summed E-state index contributed by atoms with van der Waals surface area (Å²) >= 11 is 6.09. The molecule has 2 fully saturated rings. The number of amides is 1. The maximum atomic E-state index is 12.9. The Hall–Kier alpha value is -2.60.